The molecule has 0 spiro atoms. The number of nitrogens with two attached hydrogens (primary N) is 3. The zero-order chi connectivity index (χ0) is 7.98. The maximum absolute atomic E-state index is 5.59. The Bertz CT molecular complexity index is 74.1. The van der Waals surface area contributed by atoms with Gasteiger partial charge in [-0.1, -0.05) is 0 Å². The molecule has 0 heterocycles. The van der Waals surface area contributed by atoms with Crippen LogP contribution in [0.3, 0.4) is 0 Å². The standard InChI is InChI=1S/C6H18N4/c1-5(8)4-10-6(9)2-3-7/h5-6,10H,2-4,7-9H2,1H3. The molecule has 62 valence electrons. The van der Waals surface area contributed by atoms with Crippen LogP contribution in [0, 0.1) is 0 Å². The summed E-state index contributed by atoms with van der Waals surface area (Å²) in [5.41, 5.74) is 16.4. The summed E-state index contributed by atoms with van der Waals surface area (Å²) in [5, 5.41) is 3.06. The van der Waals surface area contributed by atoms with Gasteiger partial charge in [0.1, 0.15) is 0 Å². The van der Waals surface area contributed by atoms with Crippen LogP contribution in [0.5, 0.6) is 0 Å². The molecule has 2 atom stereocenters. The normalized spacial score (nSPS) is 16.8. The van der Waals surface area contributed by atoms with Gasteiger partial charge in [0.05, 0.1) is 6.17 Å². The van der Waals surface area contributed by atoms with Crippen LogP contribution in [0.25, 0.3) is 0 Å². The van der Waals surface area contributed by atoms with Gasteiger partial charge in [-0.15, -0.1) is 0 Å². The van der Waals surface area contributed by atoms with Gasteiger partial charge in [0.2, 0.25) is 0 Å². The smallest absolute Gasteiger partial charge is 0.0558 e. The first-order valence-corrected chi connectivity index (χ1v) is 3.61. The topological polar surface area (TPSA) is 90.1 Å². The average molecular weight is 146 g/mol. The second-order valence-electron chi connectivity index (χ2n) is 2.57. The van der Waals surface area contributed by atoms with Crippen molar-refractivity contribution in [3.05, 3.63) is 0 Å². The third kappa shape index (κ3) is 5.97. The zero-order valence-corrected chi connectivity index (χ0v) is 6.51. The van der Waals surface area contributed by atoms with Crippen molar-refractivity contribution in [1.82, 2.24) is 5.32 Å². The molecule has 0 aromatic carbocycles. The molecule has 0 amide bonds. The average Bonchev–Trinajstić information content (AvgIpc) is 1.85. The number of hydrogen-bond acceptors (Lipinski definition) is 4. The van der Waals surface area contributed by atoms with Crippen LogP contribution in [-0.4, -0.2) is 25.3 Å². The number of rotatable bonds is 5. The molecule has 0 fully saturated rings. The lowest BCUT2D eigenvalue weighted by molar-refractivity contribution is 0.479. The van der Waals surface area contributed by atoms with Gasteiger partial charge in [0, 0.05) is 12.6 Å². The number of nitrogens with one attached hydrogen (secondary N) is 1. The maximum atomic E-state index is 5.59. The van der Waals surface area contributed by atoms with E-state index in [1.165, 1.54) is 0 Å². The molecule has 10 heavy (non-hydrogen) atoms. The highest BCUT2D eigenvalue weighted by Crippen LogP contribution is 1.79. The molecule has 0 aliphatic rings. The fourth-order valence-corrected chi connectivity index (χ4v) is 0.619. The van der Waals surface area contributed by atoms with E-state index in [-0.39, 0.29) is 12.2 Å². The van der Waals surface area contributed by atoms with Crippen molar-refractivity contribution in [3.63, 3.8) is 0 Å². The zero-order valence-electron chi connectivity index (χ0n) is 6.51. The number of hydrogen-bond donors (Lipinski definition) is 4. The molecule has 4 heteroatoms. The Morgan fingerprint density at radius 2 is 2.00 bits per heavy atom. The van der Waals surface area contributed by atoms with Crippen molar-refractivity contribution < 1.29 is 0 Å². The van der Waals surface area contributed by atoms with Gasteiger partial charge in [-0.25, -0.2) is 0 Å². The molecule has 0 saturated carbocycles. The van der Waals surface area contributed by atoms with E-state index in [4.69, 9.17) is 17.2 Å². The third-order valence-corrected chi connectivity index (χ3v) is 1.18. The molecular weight excluding hydrogens is 128 g/mol. The van der Waals surface area contributed by atoms with Crippen molar-refractivity contribution in [3.8, 4) is 0 Å². The summed E-state index contributed by atoms with van der Waals surface area (Å²) in [6.07, 6.45) is 0.795. The van der Waals surface area contributed by atoms with Crippen LogP contribution >= 0.6 is 0 Å². The summed E-state index contributed by atoms with van der Waals surface area (Å²) in [5.74, 6) is 0. The molecular formula is C6H18N4. The molecule has 0 bridgehead atoms. The van der Waals surface area contributed by atoms with E-state index in [0.29, 0.717) is 6.54 Å². The van der Waals surface area contributed by atoms with E-state index in [2.05, 4.69) is 5.32 Å². The Morgan fingerprint density at radius 3 is 2.40 bits per heavy atom. The van der Waals surface area contributed by atoms with E-state index in [0.717, 1.165) is 13.0 Å². The van der Waals surface area contributed by atoms with Gasteiger partial charge in [0.15, 0.2) is 0 Å². The van der Waals surface area contributed by atoms with Crippen LogP contribution in [-0.2, 0) is 0 Å². The van der Waals surface area contributed by atoms with E-state index < -0.39 is 0 Å². The van der Waals surface area contributed by atoms with Crippen LogP contribution in [0.4, 0.5) is 0 Å². The highest BCUT2D eigenvalue weighted by atomic mass is 15.0. The molecule has 0 rings (SSSR count). The summed E-state index contributed by atoms with van der Waals surface area (Å²) >= 11 is 0. The molecule has 0 aromatic heterocycles. The van der Waals surface area contributed by atoms with Crippen molar-refractivity contribution in [2.45, 2.75) is 25.6 Å². The molecule has 0 aliphatic carbocycles. The van der Waals surface area contributed by atoms with Crippen molar-refractivity contribution in [1.29, 1.82) is 0 Å². The second kappa shape index (κ2) is 5.61. The van der Waals surface area contributed by atoms with Crippen LogP contribution in [0.2, 0.25) is 0 Å². The van der Waals surface area contributed by atoms with Gasteiger partial charge in [-0.2, -0.15) is 0 Å². The lowest BCUT2D eigenvalue weighted by Crippen LogP contribution is -2.44. The minimum atomic E-state index is -0.00370. The SMILES string of the molecule is CC(N)CNC(N)CCN. The van der Waals surface area contributed by atoms with Crippen LogP contribution in [0.15, 0.2) is 0 Å². The first kappa shape index (κ1) is 9.84. The van der Waals surface area contributed by atoms with Crippen LogP contribution < -0.4 is 22.5 Å². The van der Waals surface area contributed by atoms with Crippen molar-refractivity contribution in [2.75, 3.05) is 13.1 Å². The van der Waals surface area contributed by atoms with Gasteiger partial charge < -0.3 is 22.5 Å². The molecule has 0 saturated heterocycles. The third-order valence-electron chi connectivity index (χ3n) is 1.18. The van der Waals surface area contributed by atoms with E-state index in [1.54, 1.807) is 0 Å². The summed E-state index contributed by atoms with van der Waals surface area (Å²) in [6, 6.07) is 0.156. The van der Waals surface area contributed by atoms with Gasteiger partial charge in [0.25, 0.3) is 0 Å². The fraction of sp³-hybridized carbons (Fsp3) is 1.00. The molecule has 0 radical (unpaired) electrons. The summed E-state index contributed by atoms with van der Waals surface area (Å²) in [4.78, 5) is 0. The molecule has 2 unspecified atom stereocenters. The Kier molecular flexibility index (Phi) is 5.52. The second-order valence-corrected chi connectivity index (χ2v) is 2.57. The van der Waals surface area contributed by atoms with Gasteiger partial charge in [-0.05, 0) is 19.9 Å². The Hall–Kier alpha value is -0.160. The minimum Gasteiger partial charge on any atom is -0.330 e. The summed E-state index contributed by atoms with van der Waals surface area (Å²) < 4.78 is 0. The first-order valence-electron chi connectivity index (χ1n) is 3.61. The van der Waals surface area contributed by atoms with E-state index in [9.17, 15) is 0 Å². The van der Waals surface area contributed by atoms with Gasteiger partial charge >= 0.3 is 0 Å². The predicted molar refractivity (Wildman–Crippen MR) is 43.3 cm³/mol. The lowest BCUT2D eigenvalue weighted by atomic mass is 10.3. The van der Waals surface area contributed by atoms with Crippen molar-refractivity contribution in [2.24, 2.45) is 17.2 Å². The first-order chi connectivity index (χ1) is 4.66. The molecule has 0 aliphatic heterocycles. The molecule has 4 nitrogen and oxygen atoms in total. The minimum absolute atomic E-state index is 0.00370. The van der Waals surface area contributed by atoms with Crippen molar-refractivity contribution >= 4 is 0 Å². The van der Waals surface area contributed by atoms with Gasteiger partial charge in [-0.3, -0.25) is 0 Å². The molecule has 7 N–H and O–H groups in total. The predicted octanol–water partition coefficient (Wildman–Crippen LogP) is -1.44. The quantitative estimate of drug-likeness (QED) is 0.357. The Balaban J connectivity index is 3.12. The van der Waals surface area contributed by atoms with E-state index >= 15 is 0 Å². The van der Waals surface area contributed by atoms with E-state index in [1.807, 2.05) is 6.92 Å². The Morgan fingerprint density at radius 1 is 1.40 bits per heavy atom. The lowest BCUT2D eigenvalue weighted by Gasteiger charge is -2.13. The summed E-state index contributed by atoms with van der Waals surface area (Å²) in [6.45, 7) is 3.30. The largest absolute Gasteiger partial charge is 0.330 e. The fourth-order valence-electron chi connectivity index (χ4n) is 0.619. The summed E-state index contributed by atoms with van der Waals surface area (Å²) in [7, 11) is 0. The monoisotopic (exact) mass is 146 g/mol. The highest BCUT2D eigenvalue weighted by molar-refractivity contribution is 4.63. The molecule has 0 aromatic rings. The maximum Gasteiger partial charge on any atom is 0.0558 e. The van der Waals surface area contributed by atoms with Crippen LogP contribution in [0.1, 0.15) is 13.3 Å². The Labute approximate surface area is 62.1 Å². The highest BCUT2D eigenvalue weighted by Gasteiger charge is 1.99.